The van der Waals surface area contributed by atoms with Gasteiger partial charge in [-0.05, 0) is 29.8 Å². The lowest BCUT2D eigenvalue weighted by Crippen LogP contribution is -2.56. The molecule has 39 heavy (non-hydrogen) atoms. The zero-order valence-corrected chi connectivity index (χ0v) is 21.8. The van der Waals surface area contributed by atoms with Gasteiger partial charge in [0.25, 0.3) is 5.91 Å². The highest BCUT2D eigenvalue weighted by Crippen LogP contribution is 2.55. The number of anilines is 1. The van der Waals surface area contributed by atoms with Gasteiger partial charge in [0.2, 0.25) is 11.8 Å². The molecule has 0 aliphatic carbocycles. The van der Waals surface area contributed by atoms with E-state index < -0.39 is 42.2 Å². The minimum atomic E-state index is -1.37. The number of methoxy groups -OCH3 is 1. The molecule has 4 heterocycles. The first kappa shape index (κ1) is 25.3. The number of nitrogens with zero attached hydrogens (tertiary/aromatic N) is 3. The van der Waals surface area contributed by atoms with Crippen molar-refractivity contribution in [3.63, 3.8) is 0 Å². The summed E-state index contributed by atoms with van der Waals surface area (Å²) in [6, 6.07) is 14.4. The van der Waals surface area contributed by atoms with Crippen LogP contribution in [0.1, 0.15) is 11.6 Å². The smallest absolute Gasteiger partial charge is 0.253 e. The van der Waals surface area contributed by atoms with Gasteiger partial charge in [-0.25, -0.2) is 0 Å². The summed E-state index contributed by atoms with van der Waals surface area (Å²) >= 11 is 0. The Bertz CT molecular complexity index is 1340. The van der Waals surface area contributed by atoms with Gasteiger partial charge in [-0.3, -0.25) is 14.4 Å². The molecular weight excluding hydrogens is 498 g/mol. The summed E-state index contributed by atoms with van der Waals surface area (Å²) < 4.78 is 11.9. The number of likely N-dealkylation sites (tertiary alicyclic amines) is 1. The van der Waals surface area contributed by atoms with Gasteiger partial charge in [0.1, 0.15) is 17.4 Å². The van der Waals surface area contributed by atoms with Gasteiger partial charge < -0.3 is 29.3 Å². The Kier molecular flexibility index (Phi) is 6.28. The van der Waals surface area contributed by atoms with E-state index in [9.17, 15) is 19.5 Å². The number of amides is 3. The number of ether oxygens (including phenoxy) is 2. The van der Waals surface area contributed by atoms with Crippen LogP contribution >= 0.6 is 0 Å². The van der Waals surface area contributed by atoms with Crippen molar-refractivity contribution >= 4 is 23.4 Å². The maximum absolute atomic E-state index is 14.5. The van der Waals surface area contributed by atoms with E-state index in [0.29, 0.717) is 23.5 Å². The molecule has 2 aromatic carbocycles. The Labute approximate surface area is 226 Å². The molecule has 6 atom stereocenters. The van der Waals surface area contributed by atoms with Crippen LogP contribution < -0.4 is 9.64 Å². The molecule has 2 fully saturated rings. The summed E-state index contributed by atoms with van der Waals surface area (Å²) in [6.45, 7) is 0.283. The number of hydrogen-bond donors (Lipinski definition) is 1. The average Bonchev–Trinajstić information content (AvgIpc) is 3.28. The van der Waals surface area contributed by atoms with Crippen LogP contribution in [0.2, 0.25) is 0 Å². The van der Waals surface area contributed by atoms with Crippen LogP contribution in [-0.4, -0.2) is 84.2 Å². The third-order valence-corrected chi connectivity index (χ3v) is 8.38. The summed E-state index contributed by atoms with van der Waals surface area (Å²) in [5.41, 5.74) is -0.0340. The van der Waals surface area contributed by atoms with Crippen molar-refractivity contribution in [2.75, 3.05) is 38.8 Å². The average molecular weight is 530 g/mol. The van der Waals surface area contributed by atoms with E-state index in [0.717, 1.165) is 0 Å². The number of fused-ring (bicyclic) bond motifs is 2. The van der Waals surface area contributed by atoms with Gasteiger partial charge in [-0.15, -0.1) is 0 Å². The molecule has 3 amide bonds. The first-order chi connectivity index (χ1) is 18.9. The van der Waals surface area contributed by atoms with Gasteiger partial charge in [0, 0.05) is 25.8 Å². The lowest BCUT2D eigenvalue weighted by atomic mass is 9.77. The zero-order chi connectivity index (χ0) is 27.3. The van der Waals surface area contributed by atoms with Gasteiger partial charge in [0.15, 0.2) is 0 Å². The summed E-state index contributed by atoms with van der Waals surface area (Å²) in [6.07, 6.45) is 6.70. The molecule has 0 aromatic heterocycles. The van der Waals surface area contributed by atoms with E-state index in [1.54, 1.807) is 54.3 Å². The quantitative estimate of drug-likeness (QED) is 0.595. The van der Waals surface area contributed by atoms with E-state index in [1.165, 1.54) is 4.90 Å². The highest BCUT2D eigenvalue weighted by Gasteiger charge is 2.72. The second kappa shape index (κ2) is 9.66. The lowest BCUT2D eigenvalue weighted by molar-refractivity contribution is -0.146. The Morgan fingerprint density at radius 2 is 1.74 bits per heavy atom. The third-order valence-electron chi connectivity index (χ3n) is 8.38. The van der Waals surface area contributed by atoms with Crippen LogP contribution in [0, 0.1) is 11.8 Å². The molecule has 2 aromatic rings. The van der Waals surface area contributed by atoms with Crippen molar-refractivity contribution in [1.29, 1.82) is 0 Å². The highest BCUT2D eigenvalue weighted by molar-refractivity contribution is 6.06. The fourth-order valence-electron chi connectivity index (χ4n) is 6.56. The van der Waals surface area contributed by atoms with Gasteiger partial charge in [-0.1, -0.05) is 54.6 Å². The number of rotatable bonds is 5. The molecular formula is C30H31N3O6. The summed E-state index contributed by atoms with van der Waals surface area (Å²) in [5.74, 6) is -1.95. The molecule has 1 N–H and O–H groups in total. The van der Waals surface area contributed by atoms with Gasteiger partial charge >= 0.3 is 0 Å². The molecule has 9 nitrogen and oxygen atoms in total. The largest absolute Gasteiger partial charge is 0.497 e. The van der Waals surface area contributed by atoms with Crippen LogP contribution in [-0.2, 0) is 19.1 Å². The van der Waals surface area contributed by atoms with E-state index in [-0.39, 0.29) is 24.3 Å². The first-order valence-electron chi connectivity index (χ1n) is 13.1. The Morgan fingerprint density at radius 3 is 2.44 bits per heavy atom. The van der Waals surface area contributed by atoms with Crippen molar-refractivity contribution in [1.82, 2.24) is 9.80 Å². The van der Waals surface area contributed by atoms with Crippen LogP contribution in [0.15, 0.2) is 78.9 Å². The molecule has 4 aliphatic rings. The molecule has 9 heteroatoms. The van der Waals surface area contributed by atoms with Crippen molar-refractivity contribution in [2.45, 2.75) is 23.8 Å². The predicted octanol–water partition coefficient (Wildman–Crippen LogP) is 1.94. The second-order valence-electron chi connectivity index (χ2n) is 10.4. The van der Waals surface area contributed by atoms with Crippen LogP contribution in [0.3, 0.4) is 0 Å². The topological polar surface area (TPSA) is 99.6 Å². The zero-order valence-electron chi connectivity index (χ0n) is 21.8. The fraction of sp³-hybridized carbons (Fsp3) is 0.367. The van der Waals surface area contributed by atoms with E-state index in [4.69, 9.17) is 9.47 Å². The normalized spacial score (nSPS) is 30.5. The lowest BCUT2D eigenvalue weighted by Gasteiger charge is -2.38. The third kappa shape index (κ3) is 3.79. The standard InChI is InChI=1S/C30H31N3O6/c1-31-16-6-10-23-24(27(31)35)25-28(36)33(22(18-34)19-8-4-3-5-9-19)26-29(37)32(17-7-15-30(25,26)39-23)20-11-13-21(38-2)14-12-20/h3-15,22-26,34H,16-18H2,1-2H3/t22-,23+,24-,25+,26?,30+/m1/s1. The summed E-state index contributed by atoms with van der Waals surface area (Å²) in [7, 11) is 3.28. The summed E-state index contributed by atoms with van der Waals surface area (Å²) in [4.78, 5) is 47.2. The minimum Gasteiger partial charge on any atom is -0.497 e. The maximum atomic E-state index is 14.5. The van der Waals surface area contributed by atoms with Crippen molar-refractivity contribution in [2.24, 2.45) is 11.8 Å². The second-order valence-corrected chi connectivity index (χ2v) is 10.4. The van der Waals surface area contributed by atoms with Crippen LogP contribution in [0.4, 0.5) is 5.69 Å². The SMILES string of the molecule is COc1ccc(N2CC=C[C@]34O[C@H]5C=CCN(C)C(=O)[C@H]5[C@H]3C(=O)N([C@H](CO)c3ccccc3)C4C2=O)cc1. The molecule has 202 valence electrons. The maximum Gasteiger partial charge on any atom is 0.253 e. The Hall–Kier alpha value is -3.95. The number of hydrogen-bond acceptors (Lipinski definition) is 6. The predicted molar refractivity (Wildman–Crippen MR) is 143 cm³/mol. The van der Waals surface area contributed by atoms with Crippen LogP contribution in [0.5, 0.6) is 5.75 Å². The number of aliphatic hydroxyl groups excluding tert-OH is 1. The Balaban J connectivity index is 1.50. The number of carbonyl (C=O) groups excluding carboxylic acids is 3. The molecule has 6 rings (SSSR count). The highest BCUT2D eigenvalue weighted by atomic mass is 16.5. The minimum absolute atomic E-state index is 0.196. The number of benzene rings is 2. The molecule has 0 bridgehead atoms. The molecule has 1 spiro atoms. The van der Waals surface area contributed by atoms with E-state index in [2.05, 4.69) is 0 Å². The first-order valence-corrected chi connectivity index (χ1v) is 13.1. The van der Waals surface area contributed by atoms with Crippen molar-refractivity contribution < 1.29 is 29.0 Å². The van der Waals surface area contributed by atoms with Crippen molar-refractivity contribution in [3.05, 3.63) is 84.5 Å². The molecule has 1 unspecified atom stereocenters. The monoisotopic (exact) mass is 529 g/mol. The molecule has 2 saturated heterocycles. The van der Waals surface area contributed by atoms with Crippen molar-refractivity contribution in [3.8, 4) is 5.75 Å². The van der Waals surface area contributed by atoms with Crippen LogP contribution in [0.25, 0.3) is 0 Å². The van der Waals surface area contributed by atoms with E-state index >= 15 is 0 Å². The number of likely N-dealkylation sites (N-methyl/N-ethyl adjacent to an activating group) is 1. The van der Waals surface area contributed by atoms with Gasteiger partial charge in [-0.2, -0.15) is 0 Å². The summed E-state index contributed by atoms with van der Waals surface area (Å²) in [5, 5.41) is 10.6. The number of aliphatic hydroxyl groups is 1. The number of carbonyl (C=O) groups is 3. The van der Waals surface area contributed by atoms with E-state index in [1.807, 2.05) is 48.6 Å². The Morgan fingerprint density at radius 1 is 1.00 bits per heavy atom. The van der Waals surface area contributed by atoms with Gasteiger partial charge in [0.05, 0.1) is 37.7 Å². The fourth-order valence-corrected chi connectivity index (χ4v) is 6.56. The molecule has 0 radical (unpaired) electrons. The molecule has 4 aliphatic heterocycles. The molecule has 0 saturated carbocycles.